The van der Waals surface area contributed by atoms with Gasteiger partial charge in [0, 0.05) is 28.2 Å². The molecule has 4 rings (SSSR count). The van der Waals surface area contributed by atoms with E-state index in [2.05, 4.69) is 5.32 Å². The molecule has 2 N–H and O–H groups in total. The van der Waals surface area contributed by atoms with Gasteiger partial charge in [0.2, 0.25) is 0 Å². The van der Waals surface area contributed by atoms with E-state index in [-0.39, 0.29) is 22.6 Å². The lowest BCUT2D eigenvalue weighted by molar-refractivity contribution is -0.138. The van der Waals surface area contributed by atoms with Crippen molar-refractivity contribution in [2.45, 2.75) is 45.1 Å². The van der Waals surface area contributed by atoms with Crippen LogP contribution >= 0.6 is 11.8 Å². The molecule has 1 atom stereocenters. The van der Waals surface area contributed by atoms with Gasteiger partial charge in [-0.2, -0.15) is 11.8 Å². The van der Waals surface area contributed by atoms with E-state index in [1.807, 2.05) is 61.5 Å². The Morgan fingerprint density at radius 3 is 2.23 bits per heavy atom. The minimum atomic E-state index is -1.26. The van der Waals surface area contributed by atoms with E-state index in [4.69, 9.17) is 9.47 Å². The molecule has 9 heteroatoms. The van der Waals surface area contributed by atoms with Gasteiger partial charge in [-0.25, -0.2) is 18.4 Å². The number of benzene rings is 4. The van der Waals surface area contributed by atoms with E-state index in [0.717, 1.165) is 28.5 Å². The number of amides is 1. The summed E-state index contributed by atoms with van der Waals surface area (Å²) in [5, 5.41) is 11.8. The summed E-state index contributed by atoms with van der Waals surface area (Å²) in [6, 6.07) is 24.1. The van der Waals surface area contributed by atoms with Gasteiger partial charge in [-0.05, 0) is 62.6 Å². The Morgan fingerprint density at radius 2 is 1.56 bits per heavy atom. The molecule has 0 aromatic heterocycles. The number of thioether (sulfide) groups is 1. The lowest BCUT2D eigenvalue weighted by Crippen LogP contribution is -2.44. The Balaban J connectivity index is 1.51. The number of halogens is 2. The molecule has 1 unspecified atom stereocenters. The third-order valence-corrected chi connectivity index (χ3v) is 7.44. The van der Waals surface area contributed by atoms with Crippen LogP contribution in [-0.2, 0) is 15.3 Å². The maximum absolute atomic E-state index is 15.4. The van der Waals surface area contributed by atoms with Crippen molar-refractivity contribution >= 4 is 23.8 Å². The normalized spacial score (nSPS) is 12.0. The minimum absolute atomic E-state index is 0.00628. The van der Waals surface area contributed by atoms with Crippen molar-refractivity contribution < 1.29 is 33.0 Å². The zero-order chi connectivity index (χ0) is 31.1. The summed E-state index contributed by atoms with van der Waals surface area (Å²) in [7, 11) is 0. The second-order valence-electron chi connectivity index (χ2n) is 10.9. The molecule has 4 aromatic carbocycles. The van der Waals surface area contributed by atoms with E-state index in [0.29, 0.717) is 17.1 Å². The molecule has 0 aliphatic carbocycles. The van der Waals surface area contributed by atoms with E-state index in [9.17, 15) is 14.7 Å². The van der Waals surface area contributed by atoms with Gasteiger partial charge >= 0.3 is 12.1 Å². The predicted molar refractivity (Wildman–Crippen MR) is 165 cm³/mol. The third kappa shape index (κ3) is 8.35. The highest BCUT2D eigenvalue weighted by Crippen LogP contribution is 2.38. The number of alkyl carbamates (subject to hydrolysis) is 1. The summed E-state index contributed by atoms with van der Waals surface area (Å²) in [5.41, 5.74) is 2.41. The van der Waals surface area contributed by atoms with Crippen LogP contribution in [0, 0.1) is 18.6 Å². The van der Waals surface area contributed by atoms with Gasteiger partial charge in [0.1, 0.15) is 23.1 Å². The molecule has 0 bridgehead atoms. The molecule has 0 fully saturated rings. The molecular weight excluding hydrogens is 572 g/mol. The van der Waals surface area contributed by atoms with Crippen molar-refractivity contribution in [3.8, 4) is 33.8 Å². The second-order valence-corrected chi connectivity index (χ2v) is 11.9. The molecule has 0 aliphatic heterocycles. The highest BCUT2D eigenvalue weighted by molar-refractivity contribution is 7.98. The molecule has 4 aromatic rings. The SMILES string of the molecule is Cc1cccc(-c2cccc(-c3ccc(CSCC(NC(=O)OC(C)(C)C)C(=O)O)c(F)c3F)c2)c1Oc1ccccc1. The standard InChI is InChI=1S/C34H33F2NO5S/c1-21-10-8-15-27(31(21)41-25-13-6-5-7-14-25)23-12-9-11-22(18-23)26-17-16-24(29(35)30(26)36)19-43-20-28(32(38)39)37-33(40)42-34(2,3)4/h5-18,28H,19-20H2,1-4H3,(H,37,40)(H,38,39). The lowest BCUT2D eigenvalue weighted by Gasteiger charge is -2.21. The van der Waals surface area contributed by atoms with Crippen LogP contribution in [0.3, 0.4) is 0 Å². The van der Waals surface area contributed by atoms with Crippen LogP contribution in [0.25, 0.3) is 22.3 Å². The van der Waals surface area contributed by atoms with Crippen molar-refractivity contribution in [2.24, 2.45) is 0 Å². The van der Waals surface area contributed by atoms with Gasteiger partial charge in [0.05, 0.1) is 0 Å². The van der Waals surface area contributed by atoms with Gasteiger partial charge in [-0.15, -0.1) is 0 Å². The lowest BCUT2D eigenvalue weighted by atomic mass is 9.96. The molecule has 0 heterocycles. The van der Waals surface area contributed by atoms with Crippen LogP contribution in [0.1, 0.15) is 31.9 Å². The number of nitrogens with one attached hydrogen (secondary N) is 1. The average molecular weight is 606 g/mol. The largest absolute Gasteiger partial charge is 0.480 e. The predicted octanol–water partition coefficient (Wildman–Crippen LogP) is 8.61. The van der Waals surface area contributed by atoms with Crippen molar-refractivity contribution in [3.63, 3.8) is 0 Å². The molecule has 0 saturated heterocycles. The highest BCUT2D eigenvalue weighted by atomic mass is 32.2. The minimum Gasteiger partial charge on any atom is -0.480 e. The summed E-state index contributed by atoms with van der Waals surface area (Å²) in [4.78, 5) is 23.6. The van der Waals surface area contributed by atoms with Crippen molar-refractivity contribution in [2.75, 3.05) is 5.75 Å². The topological polar surface area (TPSA) is 84.9 Å². The molecule has 224 valence electrons. The number of aliphatic carboxylic acids is 1. The van der Waals surface area contributed by atoms with Crippen LogP contribution in [-0.4, -0.2) is 34.6 Å². The number of carbonyl (C=O) groups excluding carboxylic acids is 1. The first-order valence-corrected chi connectivity index (χ1v) is 14.8. The average Bonchev–Trinajstić information content (AvgIpc) is 2.95. The Morgan fingerprint density at radius 1 is 0.884 bits per heavy atom. The summed E-state index contributed by atoms with van der Waals surface area (Å²) in [5.74, 6) is -1.97. The molecule has 0 saturated carbocycles. The first-order valence-electron chi connectivity index (χ1n) is 13.6. The third-order valence-electron chi connectivity index (χ3n) is 6.35. The summed E-state index contributed by atoms with van der Waals surface area (Å²) >= 11 is 1.06. The van der Waals surface area contributed by atoms with E-state index < -0.39 is 35.3 Å². The smallest absolute Gasteiger partial charge is 0.408 e. The van der Waals surface area contributed by atoms with Crippen molar-refractivity contribution in [1.82, 2.24) is 5.32 Å². The van der Waals surface area contributed by atoms with E-state index >= 15 is 8.78 Å². The fourth-order valence-electron chi connectivity index (χ4n) is 4.31. The number of aryl methyl sites for hydroxylation is 1. The first-order chi connectivity index (χ1) is 20.4. The van der Waals surface area contributed by atoms with E-state index in [1.165, 1.54) is 12.1 Å². The summed E-state index contributed by atoms with van der Waals surface area (Å²) in [6.07, 6.45) is -0.867. The fourth-order valence-corrected chi connectivity index (χ4v) is 5.33. The van der Waals surface area contributed by atoms with Crippen LogP contribution in [0.5, 0.6) is 11.5 Å². The number of hydrogen-bond acceptors (Lipinski definition) is 5. The molecule has 1 amide bonds. The number of ether oxygens (including phenoxy) is 2. The van der Waals surface area contributed by atoms with Gasteiger partial charge < -0.3 is 19.9 Å². The molecular formula is C34H33F2NO5S. The highest BCUT2D eigenvalue weighted by Gasteiger charge is 2.24. The molecule has 0 spiro atoms. The fraction of sp³-hybridized carbons (Fsp3) is 0.235. The van der Waals surface area contributed by atoms with Crippen LogP contribution in [0.15, 0.2) is 84.9 Å². The molecule has 0 radical (unpaired) electrons. The monoisotopic (exact) mass is 605 g/mol. The van der Waals surface area contributed by atoms with Crippen molar-refractivity contribution in [1.29, 1.82) is 0 Å². The van der Waals surface area contributed by atoms with Gasteiger partial charge in [0.25, 0.3) is 0 Å². The van der Waals surface area contributed by atoms with Crippen LogP contribution < -0.4 is 10.1 Å². The first kappa shape index (κ1) is 31.6. The maximum Gasteiger partial charge on any atom is 0.408 e. The quantitative estimate of drug-likeness (QED) is 0.188. The van der Waals surface area contributed by atoms with Gasteiger partial charge in [-0.1, -0.05) is 66.7 Å². The second kappa shape index (κ2) is 13.7. The van der Waals surface area contributed by atoms with Gasteiger partial charge in [0.15, 0.2) is 11.6 Å². The molecule has 6 nitrogen and oxygen atoms in total. The molecule has 0 aliphatic rings. The number of carbonyl (C=O) groups is 2. The Kier molecular flexibility index (Phi) is 10.1. The van der Waals surface area contributed by atoms with Crippen molar-refractivity contribution in [3.05, 3.63) is 108 Å². The zero-order valence-corrected chi connectivity index (χ0v) is 25.1. The number of carboxylic acids is 1. The summed E-state index contributed by atoms with van der Waals surface area (Å²) in [6.45, 7) is 6.93. The maximum atomic E-state index is 15.4. The Bertz CT molecular complexity index is 1600. The number of para-hydroxylation sites is 2. The number of carboxylic acid groups (broad SMARTS) is 1. The number of hydrogen-bond donors (Lipinski definition) is 2. The van der Waals surface area contributed by atoms with E-state index in [1.54, 1.807) is 39.0 Å². The number of rotatable bonds is 10. The Hall–Kier alpha value is -4.37. The van der Waals surface area contributed by atoms with Crippen LogP contribution in [0.4, 0.5) is 13.6 Å². The van der Waals surface area contributed by atoms with Crippen LogP contribution in [0.2, 0.25) is 0 Å². The summed E-state index contributed by atoms with van der Waals surface area (Å²) < 4.78 is 41.9. The molecule has 43 heavy (non-hydrogen) atoms. The van der Waals surface area contributed by atoms with Gasteiger partial charge in [-0.3, -0.25) is 0 Å². The zero-order valence-electron chi connectivity index (χ0n) is 24.3. The Labute approximate surface area is 254 Å².